The molecule has 2 nitrogen and oxygen atoms in total. The van der Waals surface area contributed by atoms with Gasteiger partial charge in [-0.3, -0.25) is 4.98 Å². The molecule has 0 saturated carbocycles. The van der Waals surface area contributed by atoms with Crippen molar-refractivity contribution >= 4 is 53.3 Å². The van der Waals surface area contributed by atoms with E-state index in [1.54, 1.807) is 0 Å². The molecule has 8 aromatic rings. The van der Waals surface area contributed by atoms with Crippen molar-refractivity contribution in [2.75, 3.05) is 0 Å². The molecule has 0 radical (unpaired) electrons. The van der Waals surface area contributed by atoms with Gasteiger partial charge in [0, 0.05) is 54.0 Å². The van der Waals surface area contributed by atoms with Crippen LogP contribution in [0.25, 0.3) is 70.0 Å². The number of hydrogen-bond acceptors (Lipinski definition) is 2. The van der Waals surface area contributed by atoms with E-state index in [0.29, 0.717) is 0 Å². The van der Waals surface area contributed by atoms with Crippen molar-refractivity contribution in [1.82, 2.24) is 9.55 Å². The lowest BCUT2D eigenvalue weighted by atomic mass is 9.94. The van der Waals surface area contributed by atoms with Gasteiger partial charge in [0.1, 0.15) is 0 Å². The topological polar surface area (TPSA) is 17.8 Å². The van der Waals surface area contributed by atoms with Gasteiger partial charge in [-0.05, 0) is 48.0 Å². The number of thiophene rings is 1. The van der Waals surface area contributed by atoms with Gasteiger partial charge >= 0.3 is 0 Å². The van der Waals surface area contributed by atoms with Crippen LogP contribution in [0.1, 0.15) is 0 Å². The molecule has 5 aromatic carbocycles. The maximum Gasteiger partial charge on any atom is 0.0708 e. The molecule has 0 atom stereocenters. The third-order valence-corrected chi connectivity index (χ3v) is 8.55. The third kappa shape index (κ3) is 3.16. The van der Waals surface area contributed by atoms with Gasteiger partial charge in [0.15, 0.2) is 0 Å². The summed E-state index contributed by atoms with van der Waals surface area (Å²) in [5, 5.41) is 5.17. The fraction of sp³-hybridized carbons (Fsp3) is 0. The van der Waals surface area contributed by atoms with Gasteiger partial charge in [0.25, 0.3) is 0 Å². The van der Waals surface area contributed by atoms with Gasteiger partial charge in [-0.25, -0.2) is 0 Å². The molecule has 8 rings (SSSR count). The first-order chi connectivity index (χ1) is 18.9. The molecule has 38 heavy (non-hydrogen) atoms. The molecule has 0 unspecified atom stereocenters. The molecule has 178 valence electrons. The molecule has 0 aliphatic heterocycles. The van der Waals surface area contributed by atoms with E-state index in [2.05, 4.69) is 126 Å². The second-order valence-corrected chi connectivity index (χ2v) is 10.7. The Kier molecular flexibility index (Phi) is 4.73. The van der Waals surface area contributed by atoms with E-state index in [9.17, 15) is 0 Å². The Labute approximate surface area is 224 Å². The number of pyridine rings is 1. The number of rotatable bonds is 3. The maximum absolute atomic E-state index is 4.76. The quantitative estimate of drug-likeness (QED) is 0.235. The van der Waals surface area contributed by atoms with E-state index in [1.165, 1.54) is 58.8 Å². The van der Waals surface area contributed by atoms with E-state index in [1.807, 2.05) is 23.6 Å². The first kappa shape index (κ1) is 21.4. The Morgan fingerprint density at radius 1 is 0.526 bits per heavy atom. The van der Waals surface area contributed by atoms with Crippen molar-refractivity contribution in [2.24, 2.45) is 0 Å². The minimum atomic E-state index is 0.986. The highest BCUT2D eigenvalue weighted by atomic mass is 32.1. The summed E-state index contributed by atoms with van der Waals surface area (Å²) in [5.74, 6) is 0. The summed E-state index contributed by atoms with van der Waals surface area (Å²) >= 11 is 1.87. The number of aromatic nitrogens is 2. The van der Waals surface area contributed by atoms with Crippen LogP contribution in [-0.4, -0.2) is 9.55 Å². The van der Waals surface area contributed by atoms with Crippen LogP contribution in [0, 0.1) is 0 Å². The predicted octanol–water partition coefficient (Wildman–Crippen LogP) is 9.88. The van der Waals surface area contributed by atoms with E-state index in [-0.39, 0.29) is 0 Å². The van der Waals surface area contributed by atoms with E-state index in [4.69, 9.17) is 4.98 Å². The molecule has 0 N–H and O–H groups in total. The summed E-state index contributed by atoms with van der Waals surface area (Å²) in [7, 11) is 0. The molecule has 0 spiro atoms. The number of fused-ring (bicyclic) bond motifs is 6. The van der Waals surface area contributed by atoms with E-state index < -0.39 is 0 Å². The zero-order valence-electron chi connectivity index (χ0n) is 20.5. The van der Waals surface area contributed by atoms with Gasteiger partial charge in [-0.1, -0.05) is 84.9 Å². The molecular formula is C35H22N2S. The van der Waals surface area contributed by atoms with Crippen LogP contribution in [0.4, 0.5) is 0 Å². The predicted molar refractivity (Wildman–Crippen MR) is 162 cm³/mol. The van der Waals surface area contributed by atoms with E-state index in [0.717, 1.165) is 11.3 Å². The van der Waals surface area contributed by atoms with Crippen LogP contribution in [0.5, 0.6) is 0 Å². The average Bonchev–Trinajstić information content (AvgIpc) is 3.52. The van der Waals surface area contributed by atoms with Gasteiger partial charge in [0.05, 0.1) is 16.7 Å². The minimum absolute atomic E-state index is 0.986. The van der Waals surface area contributed by atoms with Gasteiger partial charge in [-0.2, -0.15) is 0 Å². The van der Waals surface area contributed by atoms with Crippen LogP contribution in [-0.2, 0) is 0 Å². The monoisotopic (exact) mass is 502 g/mol. The van der Waals surface area contributed by atoms with Gasteiger partial charge in [0.2, 0.25) is 0 Å². The largest absolute Gasteiger partial charge is 0.309 e. The van der Waals surface area contributed by atoms with Crippen LogP contribution in [0.15, 0.2) is 134 Å². The molecule has 0 aliphatic carbocycles. The minimum Gasteiger partial charge on any atom is -0.309 e. The molecule has 0 saturated heterocycles. The molecule has 0 fully saturated rings. The number of nitrogens with zero attached hydrogens (tertiary/aromatic N) is 2. The lowest BCUT2D eigenvalue weighted by Crippen LogP contribution is -1.93. The van der Waals surface area contributed by atoms with Gasteiger partial charge in [-0.15, -0.1) is 11.3 Å². The van der Waals surface area contributed by atoms with Crippen LogP contribution < -0.4 is 0 Å². The van der Waals surface area contributed by atoms with Crippen molar-refractivity contribution in [2.45, 2.75) is 0 Å². The number of hydrogen-bond donors (Lipinski definition) is 0. The first-order valence-corrected chi connectivity index (χ1v) is 13.6. The third-order valence-electron chi connectivity index (χ3n) is 7.43. The molecule has 3 aromatic heterocycles. The average molecular weight is 503 g/mol. The molecular weight excluding hydrogens is 480 g/mol. The van der Waals surface area contributed by atoms with Gasteiger partial charge < -0.3 is 4.57 Å². The Morgan fingerprint density at radius 3 is 2.08 bits per heavy atom. The van der Waals surface area contributed by atoms with Crippen LogP contribution >= 0.6 is 11.3 Å². The lowest BCUT2D eigenvalue weighted by molar-refractivity contribution is 1.18. The van der Waals surface area contributed by atoms with E-state index >= 15 is 0 Å². The summed E-state index contributed by atoms with van der Waals surface area (Å²) in [4.78, 5) is 4.76. The normalized spacial score (nSPS) is 11.7. The standard InChI is InChI=1S/C35H22N2S/c1-3-11-23(12-4-1)28-21-24(19-20-36-28)33-34-26-15-7-9-17-29(26)37(25-13-5-2-6-14-25)30(34)22-32-35(33)27-16-8-10-18-31(27)38-32/h1-22H. The molecule has 0 amide bonds. The Morgan fingerprint density at radius 2 is 1.24 bits per heavy atom. The highest BCUT2D eigenvalue weighted by molar-refractivity contribution is 7.26. The second-order valence-electron chi connectivity index (χ2n) is 9.60. The van der Waals surface area contributed by atoms with Crippen molar-refractivity contribution in [3.8, 4) is 28.1 Å². The van der Waals surface area contributed by atoms with Crippen molar-refractivity contribution in [3.63, 3.8) is 0 Å². The van der Waals surface area contributed by atoms with Crippen molar-refractivity contribution in [3.05, 3.63) is 134 Å². The summed E-state index contributed by atoms with van der Waals surface area (Å²) in [6.07, 6.45) is 1.95. The Bertz CT molecular complexity index is 2120. The smallest absolute Gasteiger partial charge is 0.0708 e. The fourth-order valence-corrected chi connectivity index (χ4v) is 6.98. The van der Waals surface area contributed by atoms with Crippen LogP contribution in [0.3, 0.4) is 0 Å². The maximum atomic E-state index is 4.76. The zero-order valence-corrected chi connectivity index (χ0v) is 21.3. The summed E-state index contributed by atoms with van der Waals surface area (Å²) < 4.78 is 5.02. The second kappa shape index (κ2) is 8.41. The SMILES string of the molecule is c1ccc(-c2cc(-c3c4c(cc5c3c3ccccc3n5-c3ccccc3)sc3ccccc34)ccn2)cc1. The summed E-state index contributed by atoms with van der Waals surface area (Å²) in [5.41, 5.74) is 8.19. The molecule has 0 aliphatic rings. The van der Waals surface area contributed by atoms with Crippen molar-refractivity contribution in [1.29, 1.82) is 0 Å². The molecule has 3 heteroatoms. The highest BCUT2D eigenvalue weighted by Crippen LogP contribution is 2.48. The highest BCUT2D eigenvalue weighted by Gasteiger charge is 2.21. The Balaban J connectivity index is 1.58. The molecule has 0 bridgehead atoms. The fourth-order valence-electron chi connectivity index (χ4n) is 5.83. The summed E-state index contributed by atoms with van der Waals surface area (Å²) in [6.45, 7) is 0. The number of benzene rings is 5. The molecule has 3 heterocycles. The summed E-state index contributed by atoms with van der Waals surface area (Å²) in [6, 6.07) is 45.5. The Hall–Kier alpha value is -4.73. The zero-order chi connectivity index (χ0) is 25.1. The first-order valence-electron chi connectivity index (χ1n) is 12.8. The van der Waals surface area contributed by atoms with Crippen LogP contribution in [0.2, 0.25) is 0 Å². The number of para-hydroxylation sites is 2. The van der Waals surface area contributed by atoms with Crippen molar-refractivity contribution < 1.29 is 0 Å². The lowest BCUT2D eigenvalue weighted by Gasteiger charge is -2.12.